The first-order valence-electron chi connectivity index (χ1n) is 12.5. The number of ether oxygens (including phenoxy) is 1. The fourth-order valence-electron chi connectivity index (χ4n) is 4.64. The third-order valence-corrected chi connectivity index (χ3v) is 6.95. The standard InChI is InChI=1S/C26H35Cl2N5O4/c1-5-10-29-25(35)32-13-12-31(15-17(32)4)16-21-22(24(34)37-7-3)23(30-26(36)33(21)11-6-2)19-9-8-18(27)14-20(19)28/h6,8-9,14,17,23H,2,5,7,10-13,15-16H2,1,3-4H3,(H,29,35)(H,30,36)/t17-,23+/m0/s1. The molecule has 11 heteroatoms. The zero-order chi connectivity index (χ0) is 27.1. The molecule has 9 nitrogen and oxygen atoms in total. The van der Waals surface area contributed by atoms with E-state index in [0.717, 1.165) is 6.42 Å². The van der Waals surface area contributed by atoms with Crippen molar-refractivity contribution in [3.05, 3.63) is 57.7 Å². The zero-order valence-electron chi connectivity index (χ0n) is 21.6. The molecule has 202 valence electrons. The number of carbonyl (C=O) groups excluding carboxylic acids is 3. The molecule has 2 aliphatic heterocycles. The van der Waals surface area contributed by atoms with Gasteiger partial charge in [-0.3, -0.25) is 9.80 Å². The summed E-state index contributed by atoms with van der Waals surface area (Å²) in [4.78, 5) is 44.6. The van der Waals surface area contributed by atoms with Crippen LogP contribution in [0.1, 0.15) is 38.8 Å². The van der Waals surface area contributed by atoms with Crippen molar-refractivity contribution in [3.8, 4) is 0 Å². The van der Waals surface area contributed by atoms with Gasteiger partial charge in [-0.2, -0.15) is 0 Å². The maximum absolute atomic E-state index is 13.3. The molecule has 1 aromatic rings. The highest BCUT2D eigenvalue weighted by molar-refractivity contribution is 6.35. The molecular formula is C26H35Cl2N5O4. The maximum Gasteiger partial charge on any atom is 0.338 e. The third kappa shape index (κ3) is 6.77. The fraction of sp³-hybridized carbons (Fsp3) is 0.500. The Kier molecular flexibility index (Phi) is 10.3. The molecule has 0 bridgehead atoms. The van der Waals surface area contributed by atoms with Crippen LogP contribution >= 0.6 is 23.2 Å². The molecule has 0 saturated carbocycles. The van der Waals surface area contributed by atoms with E-state index < -0.39 is 12.0 Å². The van der Waals surface area contributed by atoms with Crippen LogP contribution in [-0.2, 0) is 9.53 Å². The molecule has 1 saturated heterocycles. The minimum Gasteiger partial charge on any atom is -0.463 e. The number of esters is 1. The predicted octanol–water partition coefficient (Wildman–Crippen LogP) is 4.19. The molecule has 4 amide bonds. The average molecular weight is 553 g/mol. The first-order chi connectivity index (χ1) is 17.7. The van der Waals surface area contributed by atoms with Crippen molar-refractivity contribution >= 4 is 41.2 Å². The Balaban J connectivity index is 1.99. The van der Waals surface area contributed by atoms with Gasteiger partial charge in [-0.15, -0.1) is 6.58 Å². The molecule has 0 aromatic heterocycles. The maximum atomic E-state index is 13.3. The van der Waals surface area contributed by atoms with Gasteiger partial charge < -0.3 is 20.3 Å². The topological polar surface area (TPSA) is 94.2 Å². The van der Waals surface area contributed by atoms with Gasteiger partial charge in [0.2, 0.25) is 0 Å². The van der Waals surface area contributed by atoms with Gasteiger partial charge in [0, 0.05) is 61.1 Å². The van der Waals surface area contributed by atoms with E-state index >= 15 is 0 Å². The average Bonchev–Trinajstić information content (AvgIpc) is 2.84. The van der Waals surface area contributed by atoms with Gasteiger partial charge in [0.25, 0.3) is 0 Å². The number of hydrogen-bond donors (Lipinski definition) is 2. The van der Waals surface area contributed by atoms with Crippen LogP contribution < -0.4 is 10.6 Å². The molecule has 0 aliphatic carbocycles. The lowest BCUT2D eigenvalue weighted by Crippen LogP contribution is -2.58. The molecule has 0 spiro atoms. The quantitative estimate of drug-likeness (QED) is 0.354. The van der Waals surface area contributed by atoms with E-state index in [-0.39, 0.29) is 31.3 Å². The Hall–Kier alpha value is -2.75. The Bertz CT molecular complexity index is 1060. The highest BCUT2D eigenvalue weighted by atomic mass is 35.5. The van der Waals surface area contributed by atoms with Crippen molar-refractivity contribution in [2.24, 2.45) is 0 Å². The largest absolute Gasteiger partial charge is 0.463 e. The Labute approximate surface area is 228 Å². The number of urea groups is 2. The van der Waals surface area contributed by atoms with E-state index in [2.05, 4.69) is 22.1 Å². The third-order valence-electron chi connectivity index (χ3n) is 6.39. The smallest absolute Gasteiger partial charge is 0.338 e. The van der Waals surface area contributed by atoms with E-state index in [1.165, 1.54) is 4.90 Å². The summed E-state index contributed by atoms with van der Waals surface area (Å²) in [5, 5.41) is 6.61. The van der Waals surface area contributed by atoms with E-state index in [9.17, 15) is 14.4 Å². The fourth-order valence-corrected chi connectivity index (χ4v) is 5.16. The van der Waals surface area contributed by atoms with Gasteiger partial charge in [0.05, 0.1) is 18.2 Å². The lowest BCUT2D eigenvalue weighted by Gasteiger charge is -2.42. The summed E-state index contributed by atoms with van der Waals surface area (Å²) >= 11 is 12.6. The van der Waals surface area contributed by atoms with Gasteiger partial charge in [-0.1, -0.05) is 42.3 Å². The summed E-state index contributed by atoms with van der Waals surface area (Å²) in [5.41, 5.74) is 1.38. The number of piperazine rings is 1. The van der Waals surface area contributed by atoms with Crippen molar-refractivity contribution in [2.75, 3.05) is 45.9 Å². The number of nitrogens with zero attached hydrogens (tertiary/aromatic N) is 3. The number of benzene rings is 1. The normalized spacial score (nSPS) is 20.5. The van der Waals surface area contributed by atoms with Gasteiger partial charge in [0.15, 0.2) is 0 Å². The van der Waals surface area contributed by atoms with E-state index in [1.807, 2.05) is 18.7 Å². The number of halogens is 2. The van der Waals surface area contributed by atoms with Crippen LogP contribution in [0.3, 0.4) is 0 Å². The molecule has 2 atom stereocenters. The minimum absolute atomic E-state index is 0.0518. The molecule has 2 heterocycles. The van der Waals surface area contributed by atoms with Gasteiger partial charge in [0.1, 0.15) is 0 Å². The van der Waals surface area contributed by atoms with Crippen molar-refractivity contribution in [2.45, 2.75) is 39.3 Å². The molecule has 3 rings (SSSR count). The summed E-state index contributed by atoms with van der Waals surface area (Å²) in [5.74, 6) is -0.534. The Morgan fingerprint density at radius 1 is 1.27 bits per heavy atom. The zero-order valence-corrected chi connectivity index (χ0v) is 23.1. The Morgan fingerprint density at radius 2 is 2.03 bits per heavy atom. The van der Waals surface area contributed by atoms with Crippen LogP contribution in [0, 0.1) is 0 Å². The van der Waals surface area contributed by atoms with Gasteiger partial charge in [-0.25, -0.2) is 14.4 Å². The second-order valence-electron chi connectivity index (χ2n) is 9.04. The minimum atomic E-state index is -0.814. The van der Waals surface area contributed by atoms with Gasteiger partial charge in [-0.05, 0) is 38.0 Å². The highest BCUT2D eigenvalue weighted by Crippen LogP contribution is 2.36. The Morgan fingerprint density at radius 3 is 2.65 bits per heavy atom. The summed E-state index contributed by atoms with van der Waals surface area (Å²) in [6.07, 6.45) is 2.47. The summed E-state index contributed by atoms with van der Waals surface area (Å²) in [6.45, 7) is 12.5. The molecule has 2 aliphatic rings. The van der Waals surface area contributed by atoms with Crippen molar-refractivity contribution in [3.63, 3.8) is 0 Å². The second kappa shape index (κ2) is 13.2. The molecule has 0 unspecified atom stereocenters. The van der Waals surface area contributed by atoms with E-state index in [1.54, 1.807) is 31.2 Å². The van der Waals surface area contributed by atoms with Crippen molar-refractivity contribution in [1.82, 2.24) is 25.3 Å². The molecule has 1 aromatic carbocycles. The SMILES string of the molecule is C=CCN1C(=O)N[C@H](c2ccc(Cl)cc2Cl)C(C(=O)OCC)=C1CN1CCN(C(=O)NCCC)[C@@H](C)C1. The second-order valence-corrected chi connectivity index (χ2v) is 9.88. The molecule has 37 heavy (non-hydrogen) atoms. The molecule has 0 radical (unpaired) electrons. The van der Waals surface area contributed by atoms with Crippen LogP contribution in [0.5, 0.6) is 0 Å². The number of hydrogen-bond acceptors (Lipinski definition) is 5. The lowest BCUT2D eigenvalue weighted by atomic mass is 9.93. The van der Waals surface area contributed by atoms with Crippen LogP contribution in [-0.4, -0.2) is 84.6 Å². The summed E-state index contributed by atoms with van der Waals surface area (Å²) in [7, 11) is 0. The van der Waals surface area contributed by atoms with Crippen molar-refractivity contribution < 1.29 is 19.1 Å². The molecule has 2 N–H and O–H groups in total. The first kappa shape index (κ1) is 28.8. The summed E-state index contributed by atoms with van der Waals surface area (Å²) < 4.78 is 5.44. The first-order valence-corrected chi connectivity index (χ1v) is 13.3. The number of amides is 4. The number of rotatable bonds is 9. The molecule has 1 fully saturated rings. The van der Waals surface area contributed by atoms with Crippen LogP contribution in [0.4, 0.5) is 9.59 Å². The summed E-state index contributed by atoms with van der Waals surface area (Å²) in [6, 6.07) is 3.62. The van der Waals surface area contributed by atoms with Crippen LogP contribution in [0.2, 0.25) is 10.0 Å². The lowest BCUT2D eigenvalue weighted by molar-refractivity contribution is -0.139. The van der Waals surface area contributed by atoms with Crippen LogP contribution in [0.15, 0.2) is 42.1 Å². The highest BCUT2D eigenvalue weighted by Gasteiger charge is 2.40. The monoisotopic (exact) mass is 551 g/mol. The number of nitrogens with one attached hydrogen (secondary N) is 2. The van der Waals surface area contributed by atoms with E-state index in [4.69, 9.17) is 27.9 Å². The van der Waals surface area contributed by atoms with Gasteiger partial charge >= 0.3 is 18.0 Å². The van der Waals surface area contributed by atoms with Crippen molar-refractivity contribution in [1.29, 1.82) is 0 Å². The van der Waals surface area contributed by atoms with Crippen LogP contribution in [0.25, 0.3) is 0 Å². The predicted molar refractivity (Wildman–Crippen MR) is 145 cm³/mol. The molecular weight excluding hydrogens is 517 g/mol. The van der Waals surface area contributed by atoms with E-state index in [0.29, 0.717) is 59.6 Å². The number of carbonyl (C=O) groups is 3.